The second-order valence-electron chi connectivity index (χ2n) is 5.05. The van der Waals surface area contributed by atoms with E-state index in [4.69, 9.17) is 14.2 Å². The summed E-state index contributed by atoms with van der Waals surface area (Å²) in [5.41, 5.74) is 1.20. The Kier molecular flexibility index (Phi) is 9.87. The number of methoxy groups -OCH3 is 2. The third kappa shape index (κ3) is 7.93. The van der Waals surface area contributed by atoms with Crippen LogP contribution in [-0.4, -0.2) is 45.0 Å². The largest absolute Gasteiger partial charge is 0.376 e. The van der Waals surface area contributed by atoms with E-state index in [2.05, 4.69) is 40.3 Å². The van der Waals surface area contributed by atoms with Gasteiger partial charge in [0.2, 0.25) is 0 Å². The van der Waals surface area contributed by atoms with Crippen LogP contribution in [0.5, 0.6) is 0 Å². The van der Waals surface area contributed by atoms with Gasteiger partial charge in [-0.05, 0) is 18.0 Å². The molecule has 5 heteroatoms. The number of hydrogen-bond acceptors (Lipinski definition) is 4. The Balaban J connectivity index is 2.14. The molecule has 1 rings (SSSR count). The monoisotopic (exact) mass is 359 g/mol. The zero-order chi connectivity index (χ0) is 15.5. The van der Waals surface area contributed by atoms with Crippen molar-refractivity contribution in [3.05, 3.63) is 35.9 Å². The summed E-state index contributed by atoms with van der Waals surface area (Å²) < 4.78 is 16.0. The first-order valence-corrected chi connectivity index (χ1v) is 8.11. The van der Waals surface area contributed by atoms with Crippen LogP contribution in [0.4, 0.5) is 0 Å². The van der Waals surface area contributed by atoms with Gasteiger partial charge in [-0.15, -0.1) is 0 Å². The maximum absolute atomic E-state index is 5.75. The van der Waals surface area contributed by atoms with Crippen LogP contribution in [0.3, 0.4) is 0 Å². The molecule has 1 aromatic rings. The highest BCUT2D eigenvalue weighted by atomic mass is 79.9. The molecule has 1 N–H and O–H groups in total. The third-order valence-corrected chi connectivity index (χ3v) is 4.48. The van der Waals surface area contributed by atoms with Gasteiger partial charge in [0.1, 0.15) is 0 Å². The molecule has 0 bridgehead atoms. The fourth-order valence-corrected chi connectivity index (χ4v) is 2.22. The Hall–Kier alpha value is -0.460. The number of ether oxygens (including phenoxy) is 3. The number of rotatable bonds is 11. The summed E-state index contributed by atoms with van der Waals surface area (Å²) in [6, 6.07) is 10.2. The minimum Gasteiger partial charge on any atom is -0.376 e. The summed E-state index contributed by atoms with van der Waals surface area (Å²) >= 11 is 3.69. The van der Waals surface area contributed by atoms with Crippen LogP contribution in [0.15, 0.2) is 30.3 Å². The van der Waals surface area contributed by atoms with E-state index in [-0.39, 0.29) is 6.29 Å². The van der Waals surface area contributed by atoms with Crippen LogP contribution in [0.1, 0.15) is 12.5 Å². The smallest absolute Gasteiger partial charge is 0.169 e. The molecular weight excluding hydrogens is 334 g/mol. The van der Waals surface area contributed by atoms with Crippen LogP contribution in [0.2, 0.25) is 0 Å². The predicted octanol–water partition coefficient (Wildman–Crippen LogP) is 2.81. The standard InChI is InChI=1S/C16H26BrNO3/c1-13(9-18-10-16(19-2)20-3)15(17)12-21-11-14-7-5-4-6-8-14/h4-8,13,15-16,18H,9-12H2,1-3H3/t13?,15-/m0/s1. The lowest BCUT2D eigenvalue weighted by atomic mass is 10.1. The van der Waals surface area contributed by atoms with Crippen molar-refractivity contribution in [1.82, 2.24) is 5.32 Å². The molecule has 120 valence electrons. The molecule has 21 heavy (non-hydrogen) atoms. The van der Waals surface area contributed by atoms with Crippen molar-refractivity contribution in [1.29, 1.82) is 0 Å². The van der Waals surface area contributed by atoms with E-state index in [1.54, 1.807) is 14.2 Å². The molecule has 0 amide bonds. The molecule has 0 aliphatic carbocycles. The van der Waals surface area contributed by atoms with Gasteiger partial charge in [0, 0.05) is 25.6 Å². The number of nitrogens with one attached hydrogen (secondary N) is 1. The highest BCUT2D eigenvalue weighted by Crippen LogP contribution is 2.13. The van der Waals surface area contributed by atoms with Crippen molar-refractivity contribution >= 4 is 15.9 Å². The highest BCUT2D eigenvalue weighted by Gasteiger charge is 2.15. The molecule has 0 aliphatic heterocycles. The molecule has 0 aliphatic rings. The molecule has 1 aromatic carbocycles. The summed E-state index contributed by atoms with van der Waals surface area (Å²) in [6.07, 6.45) is -0.194. The Bertz CT molecular complexity index is 360. The lowest BCUT2D eigenvalue weighted by molar-refractivity contribution is -0.0989. The van der Waals surface area contributed by atoms with Crippen molar-refractivity contribution < 1.29 is 14.2 Å². The minimum atomic E-state index is -0.194. The molecule has 0 heterocycles. The maximum Gasteiger partial charge on any atom is 0.169 e. The van der Waals surface area contributed by atoms with Crippen molar-refractivity contribution in [2.45, 2.75) is 24.6 Å². The molecule has 4 nitrogen and oxygen atoms in total. The quantitative estimate of drug-likeness (QED) is 0.487. The second kappa shape index (κ2) is 11.2. The lowest BCUT2D eigenvalue weighted by Crippen LogP contribution is -2.35. The average Bonchev–Trinajstić information content (AvgIpc) is 2.52. The van der Waals surface area contributed by atoms with Gasteiger partial charge < -0.3 is 19.5 Å². The van der Waals surface area contributed by atoms with Crippen molar-refractivity contribution in [2.75, 3.05) is 33.9 Å². The van der Waals surface area contributed by atoms with Gasteiger partial charge in [-0.2, -0.15) is 0 Å². The van der Waals surface area contributed by atoms with Crippen LogP contribution in [0.25, 0.3) is 0 Å². The topological polar surface area (TPSA) is 39.7 Å². The maximum atomic E-state index is 5.75. The van der Waals surface area contributed by atoms with Gasteiger partial charge in [0.05, 0.1) is 13.2 Å². The fraction of sp³-hybridized carbons (Fsp3) is 0.625. The Morgan fingerprint density at radius 3 is 2.38 bits per heavy atom. The third-order valence-electron chi connectivity index (χ3n) is 3.31. The van der Waals surface area contributed by atoms with E-state index in [1.807, 2.05) is 18.2 Å². The van der Waals surface area contributed by atoms with E-state index in [9.17, 15) is 0 Å². The summed E-state index contributed by atoms with van der Waals surface area (Å²) in [4.78, 5) is 0.317. The molecule has 0 saturated carbocycles. The van der Waals surface area contributed by atoms with Gasteiger partial charge in [0.25, 0.3) is 0 Å². The normalized spacial score (nSPS) is 14.3. The SMILES string of the molecule is COC(CNCC(C)[C@@H](Br)COCc1ccccc1)OC. The zero-order valence-corrected chi connectivity index (χ0v) is 14.6. The van der Waals surface area contributed by atoms with E-state index < -0.39 is 0 Å². The molecule has 1 unspecified atom stereocenters. The molecule has 0 saturated heterocycles. The van der Waals surface area contributed by atoms with Crippen LogP contribution in [-0.2, 0) is 20.8 Å². The predicted molar refractivity (Wildman–Crippen MR) is 88.7 cm³/mol. The van der Waals surface area contributed by atoms with E-state index >= 15 is 0 Å². The van der Waals surface area contributed by atoms with E-state index in [0.717, 1.165) is 6.54 Å². The number of hydrogen-bond donors (Lipinski definition) is 1. The summed E-state index contributed by atoms with van der Waals surface area (Å²) in [6.45, 7) is 5.09. The van der Waals surface area contributed by atoms with Gasteiger partial charge in [0.15, 0.2) is 6.29 Å². The summed E-state index contributed by atoms with van der Waals surface area (Å²) in [5, 5.41) is 3.34. The first kappa shape index (κ1) is 18.6. The van der Waals surface area contributed by atoms with Gasteiger partial charge in [-0.1, -0.05) is 53.2 Å². The number of benzene rings is 1. The summed E-state index contributed by atoms with van der Waals surface area (Å²) in [7, 11) is 3.29. The minimum absolute atomic E-state index is 0.194. The van der Waals surface area contributed by atoms with Crippen LogP contribution < -0.4 is 5.32 Å². The Morgan fingerprint density at radius 1 is 1.10 bits per heavy atom. The zero-order valence-electron chi connectivity index (χ0n) is 13.0. The van der Waals surface area contributed by atoms with E-state index in [1.165, 1.54) is 5.56 Å². The Labute approximate surface area is 136 Å². The first-order valence-electron chi connectivity index (χ1n) is 7.19. The lowest BCUT2D eigenvalue weighted by Gasteiger charge is -2.20. The molecule has 2 atom stereocenters. The van der Waals surface area contributed by atoms with Crippen molar-refractivity contribution in [2.24, 2.45) is 5.92 Å². The van der Waals surface area contributed by atoms with Crippen molar-refractivity contribution in [3.63, 3.8) is 0 Å². The average molecular weight is 360 g/mol. The highest BCUT2D eigenvalue weighted by molar-refractivity contribution is 9.09. The molecule has 0 fully saturated rings. The van der Waals surface area contributed by atoms with E-state index in [0.29, 0.717) is 30.5 Å². The molecule has 0 radical (unpaired) electrons. The fourth-order valence-electron chi connectivity index (χ4n) is 1.85. The molecular formula is C16H26BrNO3. The van der Waals surface area contributed by atoms with Crippen LogP contribution in [0, 0.1) is 5.92 Å². The number of alkyl halides is 1. The summed E-state index contributed by atoms with van der Waals surface area (Å²) in [5.74, 6) is 0.454. The first-order chi connectivity index (χ1) is 10.2. The number of halogens is 1. The van der Waals surface area contributed by atoms with Crippen LogP contribution >= 0.6 is 15.9 Å². The Morgan fingerprint density at radius 2 is 1.76 bits per heavy atom. The van der Waals surface area contributed by atoms with Gasteiger partial charge in [-0.3, -0.25) is 0 Å². The molecule has 0 spiro atoms. The molecule has 0 aromatic heterocycles. The van der Waals surface area contributed by atoms with Gasteiger partial charge in [-0.25, -0.2) is 0 Å². The van der Waals surface area contributed by atoms with Crippen molar-refractivity contribution in [3.8, 4) is 0 Å². The van der Waals surface area contributed by atoms with Gasteiger partial charge >= 0.3 is 0 Å². The second-order valence-corrected chi connectivity index (χ2v) is 6.23.